The minimum atomic E-state index is -0.989. The Morgan fingerprint density at radius 3 is 2.68 bits per heavy atom. The van der Waals surface area contributed by atoms with E-state index in [0.29, 0.717) is 18.3 Å². The van der Waals surface area contributed by atoms with E-state index < -0.39 is 22.7 Å². The molecule has 4 saturated carbocycles. The molecule has 0 radical (unpaired) electrons. The molecule has 0 bridgehead atoms. The standard InChI is InChI=1S/C32H47N3O6/c1-20(36)41-26-18-32(39)25-7-6-22-17-23(34-29(38)35-15-4-13-33-14-16-35)9-11-30(22,2)24(25)10-12-31(32,3)28(26)21-5-8-27(37)40-19-21/h5,8,19,22-26,28,33,39H,4,6-7,9-18H2,1-3H3,(H,34,38). The van der Waals surface area contributed by atoms with Gasteiger partial charge >= 0.3 is 17.6 Å². The number of hydrogen-bond acceptors (Lipinski definition) is 7. The number of hydrogen-bond donors (Lipinski definition) is 3. The Bertz CT molecular complexity index is 1190. The zero-order valence-electron chi connectivity index (χ0n) is 24.8. The molecule has 2 amide bonds. The van der Waals surface area contributed by atoms with Crippen molar-refractivity contribution in [2.45, 2.75) is 102 Å². The van der Waals surface area contributed by atoms with E-state index in [9.17, 15) is 19.5 Å². The molecule has 6 rings (SSSR count). The zero-order chi connectivity index (χ0) is 29.0. The van der Waals surface area contributed by atoms with Gasteiger partial charge in [0.15, 0.2) is 0 Å². The highest BCUT2D eigenvalue weighted by atomic mass is 16.5. The lowest BCUT2D eigenvalue weighted by Gasteiger charge is -2.63. The van der Waals surface area contributed by atoms with E-state index in [4.69, 9.17) is 9.15 Å². The van der Waals surface area contributed by atoms with Gasteiger partial charge in [0.2, 0.25) is 0 Å². The average Bonchev–Trinajstić information content (AvgIpc) is 3.09. The van der Waals surface area contributed by atoms with E-state index >= 15 is 0 Å². The van der Waals surface area contributed by atoms with Gasteiger partial charge in [-0.2, -0.15) is 0 Å². The van der Waals surface area contributed by atoms with Gasteiger partial charge in [0.25, 0.3) is 0 Å². The number of aliphatic hydroxyl groups is 1. The van der Waals surface area contributed by atoms with Crippen molar-refractivity contribution >= 4 is 12.0 Å². The van der Waals surface area contributed by atoms with Crippen LogP contribution < -0.4 is 16.3 Å². The molecule has 9 nitrogen and oxygen atoms in total. The van der Waals surface area contributed by atoms with Gasteiger partial charge in [-0.05, 0) is 92.7 Å². The summed E-state index contributed by atoms with van der Waals surface area (Å²) in [4.78, 5) is 38.9. The molecule has 9 heteroatoms. The highest BCUT2D eigenvalue weighted by molar-refractivity contribution is 5.74. The van der Waals surface area contributed by atoms with Crippen molar-refractivity contribution in [3.8, 4) is 0 Å². The summed E-state index contributed by atoms with van der Waals surface area (Å²) < 4.78 is 11.1. The maximum absolute atomic E-state index is 13.1. The molecule has 4 aliphatic carbocycles. The Labute approximate surface area is 242 Å². The summed E-state index contributed by atoms with van der Waals surface area (Å²) >= 11 is 0. The van der Waals surface area contributed by atoms with Crippen molar-refractivity contribution in [3.63, 3.8) is 0 Å². The number of ether oxygens (including phenoxy) is 1. The first-order chi connectivity index (χ1) is 19.5. The molecule has 1 aromatic rings. The van der Waals surface area contributed by atoms with Crippen LogP contribution in [0.5, 0.6) is 0 Å². The average molecular weight is 570 g/mol. The van der Waals surface area contributed by atoms with Gasteiger partial charge in [-0.15, -0.1) is 0 Å². The van der Waals surface area contributed by atoms with E-state index in [1.807, 2.05) is 4.90 Å². The highest BCUT2D eigenvalue weighted by Crippen LogP contribution is 2.70. The van der Waals surface area contributed by atoms with E-state index in [1.54, 1.807) is 6.07 Å². The summed E-state index contributed by atoms with van der Waals surface area (Å²) in [5, 5.41) is 19.5. The number of nitrogens with one attached hydrogen (secondary N) is 2. The Hall–Kier alpha value is -2.39. The lowest BCUT2D eigenvalue weighted by atomic mass is 9.43. The molecule has 226 valence electrons. The van der Waals surface area contributed by atoms with Crippen LogP contribution in [0.3, 0.4) is 0 Å². The minimum Gasteiger partial charge on any atom is -0.462 e. The molecule has 1 aliphatic heterocycles. The number of rotatable bonds is 3. The minimum absolute atomic E-state index is 0.0731. The first-order valence-corrected chi connectivity index (χ1v) is 15.8. The predicted octanol–water partition coefficient (Wildman–Crippen LogP) is 3.80. The van der Waals surface area contributed by atoms with Crippen LogP contribution in [-0.4, -0.2) is 65.9 Å². The van der Waals surface area contributed by atoms with Gasteiger partial charge in [-0.3, -0.25) is 4.79 Å². The fourth-order valence-electron chi connectivity index (χ4n) is 10.1. The molecule has 5 aliphatic rings. The second-order valence-corrected chi connectivity index (χ2v) is 14.1. The number of fused-ring (bicyclic) bond motifs is 5. The lowest BCUT2D eigenvalue weighted by Crippen LogP contribution is -2.62. The Balaban J connectivity index is 1.21. The first-order valence-electron chi connectivity index (χ1n) is 15.8. The van der Waals surface area contributed by atoms with Crippen LogP contribution in [0.25, 0.3) is 0 Å². The fraction of sp³-hybridized carbons (Fsp3) is 0.781. The van der Waals surface area contributed by atoms with E-state index in [1.165, 1.54) is 19.3 Å². The molecule has 41 heavy (non-hydrogen) atoms. The van der Waals surface area contributed by atoms with Crippen LogP contribution in [0.4, 0.5) is 4.79 Å². The number of urea groups is 1. The van der Waals surface area contributed by atoms with Crippen molar-refractivity contribution in [1.29, 1.82) is 0 Å². The van der Waals surface area contributed by atoms with Crippen molar-refractivity contribution in [3.05, 3.63) is 34.4 Å². The molecule has 1 aromatic heterocycles. The van der Waals surface area contributed by atoms with Crippen molar-refractivity contribution in [1.82, 2.24) is 15.5 Å². The first kappa shape index (κ1) is 28.7. The monoisotopic (exact) mass is 569 g/mol. The van der Waals surface area contributed by atoms with Gasteiger partial charge in [0, 0.05) is 56.4 Å². The largest absolute Gasteiger partial charge is 0.462 e. The number of esters is 1. The van der Waals surface area contributed by atoms with Crippen LogP contribution in [-0.2, 0) is 9.53 Å². The van der Waals surface area contributed by atoms with Crippen LogP contribution >= 0.6 is 0 Å². The number of nitrogens with zero attached hydrogens (tertiary/aromatic N) is 1. The van der Waals surface area contributed by atoms with E-state index in [0.717, 1.165) is 83.1 Å². The molecule has 3 N–H and O–H groups in total. The Kier molecular flexibility index (Phi) is 7.50. The van der Waals surface area contributed by atoms with Crippen LogP contribution in [0.2, 0.25) is 0 Å². The molecular weight excluding hydrogens is 522 g/mol. The van der Waals surface area contributed by atoms with Gasteiger partial charge < -0.3 is 29.8 Å². The smallest absolute Gasteiger partial charge is 0.335 e. The highest BCUT2D eigenvalue weighted by Gasteiger charge is 2.70. The van der Waals surface area contributed by atoms with Crippen LogP contribution in [0, 0.1) is 28.6 Å². The topological polar surface area (TPSA) is 121 Å². The lowest BCUT2D eigenvalue weighted by molar-refractivity contribution is -0.202. The third-order valence-electron chi connectivity index (χ3n) is 12.2. The normalized spacial score (nSPS) is 42.3. The van der Waals surface area contributed by atoms with Gasteiger partial charge in [-0.1, -0.05) is 13.8 Å². The van der Waals surface area contributed by atoms with Gasteiger partial charge in [-0.25, -0.2) is 9.59 Å². The maximum atomic E-state index is 13.1. The number of amides is 2. The molecule has 1 saturated heterocycles. The third-order valence-corrected chi connectivity index (χ3v) is 12.2. The second kappa shape index (κ2) is 10.7. The summed E-state index contributed by atoms with van der Waals surface area (Å²) in [6.07, 6.45) is 9.19. The quantitative estimate of drug-likeness (QED) is 0.474. The molecule has 9 unspecified atom stereocenters. The zero-order valence-corrected chi connectivity index (χ0v) is 24.8. The van der Waals surface area contributed by atoms with E-state index in [-0.39, 0.29) is 35.3 Å². The van der Waals surface area contributed by atoms with Crippen molar-refractivity contribution < 1.29 is 23.8 Å². The summed E-state index contributed by atoms with van der Waals surface area (Å²) in [6, 6.07) is 3.46. The summed E-state index contributed by atoms with van der Waals surface area (Å²) in [7, 11) is 0. The van der Waals surface area contributed by atoms with Crippen molar-refractivity contribution in [2.75, 3.05) is 26.2 Å². The van der Waals surface area contributed by atoms with Gasteiger partial charge in [0.05, 0.1) is 11.9 Å². The summed E-state index contributed by atoms with van der Waals surface area (Å²) in [6.45, 7) is 9.38. The number of carbonyl (C=O) groups is 2. The van der Waals surface area contributed by atoms with E-state index in [2.05, 4.69) is 24.5 Å². The SMILES string of the molecule is CC(=O)OC1CC2(O)C3CCC4CC(NC(=O)N5CCCNCC5)CCC4(C)C3CCC2(C)C1c1ccc(=O)oc1. The van der Waals surface area contributed by atoms with Crippen molar-refractivity contribution in [2.24, 2.45) is 28.6 Å². The Morgan fingerprint density at radius 1 is 1.10 bits per heavy atom. The molecule has 5 fully saturated rings. The molecule has 2 heterocycles. The molecule has 0 spiro atoms. The van der Waals surface area contributed by atoms with Crippen LogP contribution in [0.1, 0.15) is 90.0 Å². The molecular formula is C32H47N3O6. The maximum Gasteiger partial charge on any atom is 0.335 e. The third kappa shape index (κ3) is 4.81. The fourth-order valence-corrected chi connectivity index (χ4v) is 10.1. The number of carbonyl (C=O) groups excluding carboxylic acids is 2. The molecule has 0 aromatic carbocycles. The van der Waals surface area contributed by atoms with Crippen LogP contribution in [0.15, 0.2) is 27.6 Å². The van der Waals surface area contributed by atoms with Gasteiger partial charge in [0.1, 0.15) is 6.10 Å². The predicted molar refractivity (Wildman–Crippen MR) is 153 cm³/mol. The molecule has 9 atom stereocenters. The Morgan fingerprint density at radius 2 is 1.93 bits per heavy atom. The summed E-state index contributed by atoms with van der Waals surface area (Å²) in [5.74, 6) is 0.390. The second-order valence-electron chi connectivity index (χ2n) is 14.1. The summed E-state index contributed by atoms with van der Waals surface area (Å²) in [5.41, 5.74) is -1.01.